The normalized spacial score (nSPS) is 19.6. The summed E-state index contributed by atoms with van der Waals surface area (Å²) < 4.78 is 5.46. The van der Waals surface area contributed by atoms with Gasteiger partial charge in [-0.15, -0.1) is 12.4 Å². The van der Waals surface area contributed by atoms with Crippen LogP contribution in [0.25, 0.3) is 0 Å². The molecule has 1 aromatic rings. The van der Waals surface area contributed by atoms with Gasteiger partial charge in [-0.3, -0.25) is 0 Å². The number of halogens is 1. The van der Waals surface area contributed by atoms with E-state index in [-0.39, 0.29) is 18.5 Å². The molecule has 1 aromatic carbocycles. The first kappa shape index (κ1) is 12.1. The van der Waals surface area contributed by atoms with Crippen molar-refractivity contribution >= 4 is 12.4 Å². The van der Waals surface area contributed by atoms with E-state index in [9.17, 15) is 0 Å². The third-order valence-electron chi connectivity index (χ3n) is 2.08. The zero-order chi connectivity index (χ0) is 9.64. The summed E-state index contributed by atoms with van der Waals surface area (Å²) in [4.78, 5) is 0. The Morgan fingerprint density at radius 3 is 2.73 bits per heavy atom. The van der Waals surface area contributed by atoms with Gasteiger partial charge in [0.1, 0.15) is 6.10 Å². The molecule has 1 N–H and O–H groups in total. The Balaban J connectivity index is 0.00000112. The van der Waals surface area contributed by atoms with Crippen LogP contribution in [-0.2, 0) is 4.74 Å². The number of morpholine rings is 1. The number of rotatable bonds is 0. The fraction of sp³-hybridized carbons (Fsp3) is 0.333. The van der Waals surface area contributed by atoms with E-state index in [0.717, 1.165) is 25.3 Å². The molecule has 2 rings (SSSR count). The van der Waals surface area contributed by atoms with Gasteiger partial charge < -0.3 is 10.1 Å². The first-order chi connectivity index (χ1) is 6.95. The topological polar surface area (TPSA) is 21.3 Å². The van der Waals surface area contributed by atoms with Crippen LogP contribution in [0.15, 0.2) is 30.3 Å². The molecule has 1 heterocycles. The van der Waals surface area contributed by atoms with Crippen LogP contribution in [0.2, 0.25) is 0 Å². The first-order valence-electron chi connectivity index (χ1n) is 4.84. The van der Waals surface area contributed by atoms with Crippen LogP contribution in [0, 0.1) is 11.8 Å². The highest BCUT2D eigenvalue weighted by Gasteiger charge is 2.08. The second kappa shape index (κ2) is 6.47. The first-order valence-corrected chi connectivity index (χ1v) is 4.84. The fourth-order valence-electron chi connectivity index (χ4n) is 1.34. The van der Waals surface area contributed by atoms with E-state index < -0.39 is 0 Å². The molecule has 0 aliphatic carbocycles. The van der Waals surface area contributed by atoms with Gasteiger partial charge in [0.25, 0.3) is 0 Å². The van der Waals surface area contributed by atoms with E-state index in [4.69, 9.17) is 4.74 Å². The quantitative estimate of drug-likeness (QED) is 0.673. The van der Waals surface area contributed by atoms with Gasteiger partial charge in [-0.1, -0.05) is 30.0 Å². The van der Waals surface area contributed by atoms with Crippen LogP contribution in [0.5, 0.6) is 0 Å². The standard InChI is InChI=1S/C12H13NO.ClH/c1-2-4-11(5-3-1)6-7-12-10-13-8-9-14-12;/h1-5,12-13H,8-10H2;1H. The number of ether oxygens (including phenoxy) is 1. The highest BCUT2D eigenvalue weighted by Crippen LogP contribution is 1.97. The predicted octanol–water partition coefficient (Wildman–Crippen LogP) is 1.45. The summed E-state index contributed by atoms with van der Waals surface area (Å²) in [5, 5.41) is 3.24. The average Bonchev–Trinajstić information content (AvgIpc) is 2.29. The average molecular weight is 224 g/mol. The van der Waals surface area contributed by atoms with Gasteiger partial charge in [-0.05, 0) is 12.1 Å². The summed E-state index contributed by atoms with van der Waals surface area (Å²) >= 11 is 0. The van der Waals surface area contributed by atoms with Gasteiger partial charge in [0.15, 0.2) is 0 Å². The lowest BCUT2D eigenvalue weighted by molar-refractivity contribution is 0.0651. The van der Waals surface area contributed by atoms with Crippen molar-refractivity contribution in [3.8, 4) is 11.8 Å². The Morgan fingerprint density at radius 2 is 2.07 bits per heavy atom. The molecule has 0 radical (unpaired) electrons. The van der Waals surface area contributed by atoms with Gasteiger partial charge in [0, 0.05) is 18.7 Å². The largest absolute Gasteiger partial charge is 0.363 e. The molecule has 1 saturated heterocycles. The SMILES string of the molecule is C(#CC1CNCCO1)c1ccccc1.Cl. The maximum absolute atomic E-state index is 5.46. The molecule has 1 fully saturated rings. The minimum atomic E-state index is 0. The molecule has 1 aliphatic heterocycles. The number of nitrogens with one attached hydrogen (secondary N) is 1. The van der Waals surface area contributed by atoms with Crippen molar-refractivity contribution in [2.75, 3.05) is 19.7 Å². The molecule has 15 heavy (non-hydrogen) atoms. The van der Waals surface area contributed by atoms with E-state index >= 15 is 0 Å². The van der Waals surface area contributed by atoms with E-state index in [1.165, 1.54) is 0 Å². The monoisotopic (exact) mass is 223 g/mol. The Hall–Kier alpha value is -1.01. The highest BCUT2D eigenvalue weighted by molar-refractivity contribution is 5.85. The third-order valence-corrected chi connectivity index (χ3v) is 2.08. The van der Waals surface area contributed by atoms with Crippen molar-refractivity contribution in [3.05, 3.63) is 35.9 Å². The van der Waals surface area contributed by atoms with E-state index in [1.807, 2.05) is 30.3 Å². The van der Waals surface area contributed by atoms with E-state index in [1.54, 1.807) is 0 Å². The molecule has 0 amide bonds. The molecule has 0 saturated carbocycles. The summed E-state index contributed by atoms with van der Waals surface area (Å²) in [6, 6.07) is 9.98. The highest BCUT2D eigenvalue weighted by atomic mass is 35.5. The molecular formula is C12H14ClNO. The van der Waals surface area contributed by atoms with Crippen LogP contribution in [0.1, 0.15) is 5.56 Å². The molecule has 80 valence electrons. The molecule has 0 bridgehead atoms. The minimum Gasteiger partial charge on any atom is -0.363 e. The molecular weight excluding hydrogens is 210 g/mol. The van der Waals surface area contributed by atoms with Gasteiger partial charge in [-0.2, -0.15) is 0 Å². The van der Waals surface area contributed by atoms with Gasteiger partial charge in [0.2, 0.25) is 0 Å². The van der Waals surface area contributed by atoms with Crippen molar-refractivity contribution < 1.29 is 4.74 Å². The summed E-state index contributed by atoms with van der Waals surface area (Å²) in [6.45, 7) is 2.53. The predicted molar refractivity (Wildman–Crippen MR) is 63.2 cm³/mol. The number of benzene rings is 1. The maximum atomic E-state index is 5.46. The van der Waals surface area contributed by atoms with E-state index in [2.05, 4.69) is 17.2 Å². The summed E-state index contributed by atoms with van der Waals surface area (Å²) in [5.41, 5.74) is 1.04. The number of hydrogen-bond donors (Lipinski definition) is 1. The van der Waals surface area contributed by atoms with Crippen molar-refractivity contribution in [1.29, 1.82) is 0 Å². The molecule has 0 aromatic heterocycles. The van der Waals surface area contributed by atoms with Gasteiger partial charge >= 0.3 is 0 Å². The Labute approximate surface area is 96.4 Å². The van der Waals surface area contributed by atoms with E-state index in [0.29, 0.717) is 0 Å². The lowest BCUT2D eigenvalue weighted by Gasteiger charge is -2.18. The van der Waals surface area contributed by atoms with Crippen LogP contribution < -0.4 is 5.32 Å². The third kappa shape index (κ3) is 3.93. The smallest absolute Gasteiger partial charge is 0.131 e. The lowest BCUT2D eigenvalue weighted by Crippen LogP contribution is -2.37. The lowest BCUT2D eigenvalue weighted by atomic mass is 10.2. The Kier molecular flexibility index (Phi) is 5.20. The van der Waals surface area contributed by atoms with Crippen LogP contribution in [0.4, 0.5) is 0 Å². The van der Waals surface area contributed by atoms with Gasteiger partial charge in [0.05, 0.1) is 6.61 Å². The number of hydrogen-bond acceptors (Lipinski definition) is 2. The van der Waals surface area contributed by atoms with Gasteiger partial charge in [-0.25, -0.2) is 0 Å². The summed E-state index contributed by atoms with van der Waals surface area (Å²) in [5.74, 6) is 6.20. The van der Waals surface area contributed by atoms with Crippen molar-refractivity contribution in [1.82, 2.24) is 5.32 Å². The fourth-order valence-corrected chi connectivity index (χ4v) is 1.34. The Bertz CT molecular complexity index is 336. The molecule has 0 spiro atoms. The second-order valence-electron chi connectivity index (χ2n) is 3.20. The zero-order valence-electron chi connectivity index (χ0n) is 8.40. The molecule has 2 nitrogen and oxygen atoms in total. The van der Waals surface area contributed by atoms with Crippen LogP contribution in [-0.4, -0.2) is 25.8 Å². The van der Waals surface area contributed by atoms with Crippen molar-refractivity contribution in [2.24, 2.45) is 0 Å². The maximum Gasteiger partial charge on any atom is 0.131 e. The van der Waals surface area contributed by atoms with Crippen LogP contribution >= 0.6 is 12.4 Å². The summed E-state index contributed by atoms with van der Waals surface area (Å²) in [7, 11) is 0. The molecule has 1 aliphatic rings. The van der Waals surface area contributed by atoms with Crippen molar-refractivity contribution in [2.45, 2.75) is 6.10 Å². The molecule has 3 heteroatoms. The molecule has 1 atom stereocenters. The summed E-state index contributed by atoms with van der Waals surface area (Å²) in [6.07, 6.45) is 0.0453. The zero-order valence-corrected chi connectivity index (χ0v) is 9.22. The Morgan fingerprint density at radius 1 is 1.27 bits per heavy atom. The second-order valence-corrected chi connectivity index (χ2v) is 3.20. The molecule has 1 unspecified atom stereocenters. The van der Waals surface area contributed by atoms with Crippen LogP contribution in [0.3, 0.4) is 0 Å². The minimum absolute atomic E-state index is 0. The van der Waals surface area contributed by atoms with Crippen molar-refractivity contribution in [3.63, 3.8) is 0 Å².